The van der Waals surface area contributed by atoms with Crippen molar-refractivity contribution in [2.45, 2.75) is 13.5 Å². The van der Waals surface area contributed by atoms with E-state index in [0.717, 1.165) is 11.1 Å². The van der Waals surface area contributed by atoms with Gasteiger partial charge in [0, 0.05) is 7.11 Å². The lowest BCUT2D eigenvalue weighted by molar-refractivity contribution is 0.186. The van der Waals surface area contributed by atoms with Crippen LogP contribution in [0.4, 0.5) is 0 Å². The number of rotatable bonds is 3. The van der Waals surface area contributed by atoms with E-state index in [4.69, 9.17) is 4.74 Å². The van der Waals surface area contributed by atoms with E-state index in [2.05, 4.69) is 4.98 Å². The predicted molar refractivity (Wildman–Crippen MR) is 62.6 cm³/mol. The van der Waals surface area contributed by atoms with Crippen molar-refractivity contribution in [2.24, 2.45) is 0 Å². The van der Waals surface area contributed by atoms with Crippen molar-refractivity contribution in [1.82, 2.24) is 9.55 Å². The van der Waals surface area contributed by atoms with E-state index < -0.39 is 0 Å². The van der Waals surface area contributed by atoms with Gasteiger partial charge in [0.15, 0.2) is 0 Å². The first-order valence-corrected chi connectivity index (χ1v) is 5.17. The second-order valence-electron chi connectivity index (χ2n) is 3.76. The van der Waals surface area contributed by atoms with Crippen molar-refractivity contribution in [3.63, 3.8) is 0 Å². The summed E-state index contributed by atoms with van der Waals surface area (Å²) in [4.78, 5) is 16.3. The molecule has 4 heteroatoms. The molecule has 0 fully saturated rings. The summed E-state index contributed by atoms with van der Waals surface area (Å²) >= 11 is 0. The van der Waals surface area contributed by atoms with E-state index in [-0.39, 0.29) is 5.56 Å². The lowest BCUT2D eigenvalue weighted by Gasteiger charge is -2.05. The summed E-state index contributed by atoms with van der Waals surface area (Å²) in [6.07, 6.45) is 1.57. The Morgan fingerprint density at radius 3 is 3.00 bits per heavy atom. The van der Waals surface area contributed by atoms with Gasteiger partial charge in [-0.1, -0.05) is 11.6 Å². The molecule has 0 aliphatic rings. The normalized spacial score (nSPS) is 10.9. The fourth-order valence-corrected chi connectivity index (χ4v) is 1.62. The maximum atomic E-state index is 12.1. The van der Waals surface area contributed by atoms with Gasteiger partial charge in [-0.05, 0) is 19.1 Å². The minimum absolute atomic E-state index is 0.00856. The Bertz CT molecular complexity index is 560. The van der Waals surface area contributed by atoms with E-state index in [0.29, 0.717) is 18.5 Å². The number of ether oxygens (including phenoxy) is 1. The quantitative estimate of drug-likeness (QED) is 0.781. The highest BCUT2D eigenvalue weighted by molar-refractivity contribution is 5.77. The number of hydrogen-bond donors (Lipinski definition) is 0. The number of fused-ring (bicyclic) bond motifs is 1. The summed E-state index contributed by atoms with van der Waals surface area (Å²) < 4.78 is 6.52. The summed E-state index contributed by atoms with van der Waals surface area (Å²) in [5.41, 5.74) is 1.80. The van der Waals surface area contributed by atoms with Gasteiger partial charge >= 0.3 is 0 Å². The SMILES string of the molecule is COCCn1cnc2ccc(C)cc2c1=O. The molecule has 0 aliphatic heterocycles. The van der Waals surface area contributed by atoms with Gasteiger partial charge in [-0.15, -0.1) is 0 Å². The van der Waals surface area contributed by atoms with Crippen molar-refractivity contribution in [2.75, 3.05) is 13.7 Å². The van der Waals surface area contributed by atoms with Gasteiger partial charge in [0.1, 0.15) is 0 Å². The molecule has 0 amide bonds. The first-order chi connectivity index (χ1) is 7.72. The average molecular weight is 218 g/mol. The summed E-state index contributed by atoms with van der Waals surface area (Å²) in [6.45, 7) is 3.01. The van der Waals surface area contributed by atoms with Crippen LogP contribution in [0.5, 0.6) is 0 Å². The van der Waals surface area contributed by atoms with Gasteiger partial charge in [-0.2, -0.15) is 0 Å². The Morgan fingerprint density at radius 2 is 2.25 bits per heavy atom. The van der Waals surface area contributed by atoms with E-state index in [1.165, 1.54) is 0 Å². The molecule has 0 saturated heterocycles. The van der Waals surface area contributed by atoms with Crippen LogP contribution in [0, 0.1) is 6.92 Å². The summed E-state index contributed by atoms with van der Waals surface area (Å²) in [5.74, 6) is 0. The van der Waals surface area contributed by atoms with Crippen LogP contribution in [0.2, 0.25) is 0 Å². The summed E-state index contributed by atoms with van der Waals surface area (Å²) in [7, 11) is 1.61. The number of aryl methyl sites for hydroxylation is 1. The lowest BCUT2D eigenvalue weighted by atomic mass is 10.2. The average Bonchev–Trinajstić information content (AvgIpc) is 2.29. The van der Waals surface area contributed by atoms with Crippen LogP contribution >= 0.6 is 0 Å². The molecule has 0 aliphatic carbocycles. The number of nitrogens with zero attached hydrogens (tertiary/aromatic N) is 2. The third-order valence-corrected chi connectivity index (χ3v) is 2.52. The first-order valence-electron chi connectivity index (χ1n) is 5.17. The number of benzene rings is 1. The molecule has 0 N–H and O–H groups in total. The van der Waals surface area contributed by atoms with E-state index in [1.54, 1.807) is 18.0 Å². The monoisotopic (exact) mass is 218 g/mol. The maximum absolute atomic E-state index is 12.1. The molecular weight excluding hydrogens is 204 g/mol. The molecule has 16 heavy (non-hydrogen) atoms. The van der Waals surface area contributed by atoms with Gasteiger partial charge in [-0.3, -0.25) is 9.36 Å². The third-order valence-electron chi connectivity index (χ3n) is 2.52. The van der Waals surface area contributed by atoms with Crippen molar-refractivity contribution in [1.29, 1.82) is 0 Å². The second kappa shape index (κ2) is 4.45. The maximum Gasteiger partial charge on any atom is 0.261 e. The zero-order valence-corrected chi connectivity index (χ0v) is 9.43. The van der Waals surface area contributed by atoms with Crippen molar-refractivity contribution in [3.05, 3.63) is 40.4 Å². The van der Waals surface area contributed by atoms with Crippen LogP contribution in [0.25, 0.3) is 10.9 Å². The predicted octanol–water partition coefficient (Wildman–Crippen LogP) is 1.35. The van der Waals surface area contributed by atoms with Crippen molar-refractivity contribution in [3.8, 4) is 0 Å². The number of aromatic nitrogens is 2. The molecule has 0 saturated carbocycles. The molecule has 0 bridgehead atoms. The Kier molecular flexibility index (Phi) is 3.01. The van der Waals surface area contributed by atoms with Crippen LogP contribution in [0.1, 0.15) is 5.56 Å². The second-order valence-corrected chi connectivity index (χ2v) is 3.76. The van der Waals surface area contributed by atoms with E-state index in [9.17, 15) is 4.79 Å². The zero-order chi connectivity index (χ0) is 11.5. The number of methoxy groups -OCH3 is 1. The Labute approximate surface area is 93.5 Å². The van der Waals surface area contributed by atoms with Gasteiger partial charge in [0.25, 0.3) is 5.56 Å². The van der Waals surface area contributed by atoms with Gasteiger partial charge < -0.3 is 4.74 Å². The molecule has 0 radical (unpaired) electrons. The molecular formula is C12H14N2O2. The van der Waals surface area contributed by atoms with Crippen molar-refractivity contribution < 1.29 is 4.74 Å². The van der Waals surface area contributed by atoms with Gasteiger partial charge in [-0.25, -0.2) is 4.98 Å². The zero-order valence-electron chi connectivity index (χ0n) is 9.43. The fraction of sp³-hybridized carbons (Fsp3) is 0.333. The standard InChI is InChI=1S/C12H14N2O2/c1-9-3-4-11-10(7-9)12(15)14(8-13-11)5-6-16-2/h3-4,7-8H,5-6H2,1-2H3. The molecule has 0 unspecified atom stereocenters. The van der Waals surface area contributed by atoms with E-state index in [1.807, 2.05) is 25.1 Å². The molecule has 1 heterocycles. The number of hydrogen-bond acceptors (Lipinski definition) is 3. The molecule has 4 nitrogen and oxygen atoms in total. The highest BCUT2D eigenvalue weighted by atomic mass is 16.5. The van der Waals surface area contributed by atoms with Gasteiger partial charge in [0.05, 0.1) is 30.4 Å². The van der Waals surface area contributed by atoms with Crippen LogP contribution in [0.15, 0.2) is 29.3 Å². The van der Waals surface area contributed by atoms with Crippen LogP contribution in [-0.4, -0.2) is 23.3 Å². The van der Waals surface area contributed by atoms with Crippen molar-refractivity contribution >= 4 is 10.9 Å². The molecule has 0 atom stereocenters. The highest BCUT2D eigenvalue weighted by Gasteiger charge is 2.03. The third kappa shape index (κ3) is 1.97. The first kappa shape index (κ1) is 10.8. The topological polar surface area (TPSA) is 44.1 Å². The molecule has 1 aromatic carbocycles. The summed E-state index contributed by atoms with van der Waals surface area (Å²) in [5, 5.41) is 0.665. The molecule has 2 aromatic rings. The minimum atomic E-state index is -0.00856. The smallest absolute Gasteiger partial charge is 0.261 e. The van der Waals surface area contributed by atoms with Crippen LogP contribution < -0.4 is 5.56 Å². The molecule has 0 spiro atoms. The largest absolute Gasteiger partial charge is 0.383 e. The van der Waals surface area contributed by atoms with E-state index >= 15 is 0 Å². The summed E-state index contributed by atoms with van der Waals surface area (Å²) in [6, 6.07) is 5.69. The molecule has 2 rings (SSSR count). The molecule has 1 aromatic heterocycles. The fourth-order valence-electron chi connectivity index (χ4n) is 1.62. The highest BCUT2D eigenvalue weighted by Crippen LogP contribution is 2.08. The van der Waals surface area contributed by atoms with Crippen LogP contribution in [-0.2, 0) is 11.3 Å². The Hall–Kier alpha value is -1.68. The van der Waals surface area contributed by atoms with Crippen LogP contribution in [0.3, 0.4) is 0 Å². The molecule has 84 valence electrons. The van der Waals surface area contributed by atoms with Gasteiger partial charge in [0.2, 0.25) is 0 Å². The minimum Gasteiger partial charge on any atom is -0.383 e. The lowest BCUT2D eigenvalue weighted by Crippen LogP contribution is -2.22. The Morgan fingerprint density at radius 1 is 1.44 bits per heavy atom. The Balaban J connectivity index is 2.55.